The minimum Gasteiger partial charge on any atom is -0.345 e. The minimum absolute atomic E-state index is 0.442. The third kappa shape index (κ3) is 3.29. The number of hydrogen-bond acceptors (Lipinski definition) is 4. The third-order valence-electron chi connectivity index (χ3n) is 2.58. The molecule has 0 atom stereocenters. The summed E-state index contributed by atoms with van der Waals surface area (Å²) >= 11 is 5.11. The molecule has 0 aliphatic carbocycles. The van der Waals surface area contributed by atoms with Gasteiger partial charge in [-0.15, -0.1) is 10.2 Å². The molecule has 1 heterocycles. The van der Waals surface area contributed by atoms with Crippen LogP contribution < -0.4 is 4.90 Å². The molecule has 0 aliphatic rings. The molecule has 1 aromatic heterocycles. The summed E-state index contributed by atoms with van der Waals surface area (Å²) in [5.41, 5.74) is 1.27. The van der Waals surface area contributed by atoms with E-state index < -0.39 is 0 Å². The molecule has 0 N–H and O–H groups in total. The second-order valence-corrected chi connectivity index (χ2v) is 6.46. The first-order valence-corrected chi connectivity index (χ1v) is 7.46. The monoisotopic (exact) mass is 325 g/mol. The van der Waals surface area contributed by atoms with Gasteiger partial charge in [-0.3, -0.25) is 0 Å². The number of halogens is 1. The molecule has 0 unspecified atom stereocenters. The molecular weight excluding hydrogens is 310 g/mol. The Balaban J connectivity index is 2.06. The molecule has 96 valence electrons. The van der Waals surface area contributed by atoms with E-state index in [2.05, 4.69) is 69.1 Å². The van der Waals surface area contributed by atoms with Crippen molar-refractivity contribution in [2.24, 2.45) is 0 Å². The Kier molecular flexibility index (Phi) is 4.35. The molecule has 2 rings (SSSR count). The van der Waals surface area contributed by atoms with Crippen LogP contribution in [0.25, 0.3) is 0 Å². The average Bonchev–Trinajstić information content (AvgIpc) is 2.81. The quantitative estimate of drug-likeness (QED) is 0.848. The van der Waals surface area contributed by atoms with Crippen LogP contribution in [0.4, 0.5) is 5.13 Å². The lowest BCUT2D eigenvalue weighted by molar-refractivity contribution is 0.817. The summed E-state index contributed by atoms with van der Waals surface area (Å²) in [5.74, 6) is 0.442. The van der Waals surface area contributed by atoms with Crippen molar-refractivity contribution in [3.8, 4) is 0 Å². The van der Waals surface area contributed by atoms with E-state index in [1.807, 2.05) is 7.05 Å². The van der Waals surface area contributed by atoms with Crippen molar-refractivity contribution in [2.45, 2.75) is 26.3 Å². The van der Waals surface area contributed by atoms with Gasteiger partial charge >= 0.3 is 0 Å². The van der Waals surface area contributed by atoms with Crippen LogP contribution in [0, 0.1) is 0 Å². The SMILES string of the molecule is CC(C)c1nnc(N(C)Cc2ccc(Br)cc2)s1. The summed E-state index contributed by atoms with van der Waals surface area (Å²) in [4.78, 5) is 2.13. The number of anilines is 1. The standard InChI is InChI=1S/C13H16BrN3S/c1-9(2)12-15-16-13(18-12)17(3)8-10-4-6-11(14)7-5-10/h4-7,9H,8H2,1-3H3. The Morgan fingerprint density at radius 2 is 1.89 bits per heavy atom. The van der Waals surface area contributed by atoms with Crippen molar-refractivity contribution < 1.29 is 0 Å². The highest BCUT2D eigenvalue weighted by atomic mass is 79.9. The Morgan fingerprint density at radius 3 is 2.44 bits per heavy atom. The first kappa shape index (κ1) is 13.5. The number of rotatable bonds is 4. The highest BCUT2D eigenvalue weighted by Gasteiger charge is 2.11. The highest BCUT2D eigenvalue weighted by molar-refractivity contribution is 9.10. The predicted octanol–water partition coefficient (Wildman–Crippen LogP) is 4.06. The average molecular weight is 326 g/mol. The fraction of sp³-hybridized carbons (Fsp3) is 0.385. The van der Waals surface area contributed by atoms with Crippen LogP contribution in [0.5, 0.6) is 0 Å². The molecule has 5 heteroatoms. The minimum atomic E-state index is 0.442. The van der Waals surface area contributed by atoms with Gasteiger partial charge in [-0.05, 0) is 17.7 Å². The summed E-state index contributed by atoms with van der Waals surface area (Å²) in [5, 5.41) is 10.5. The lowest BCUT2D eigenvalue weighted by Crippen LogP contribution is -2.15. The smallest absolute Gasteiger partial charge is 0.208 e. The normalized spacial score (nSPS) is 10.9. The van der Waals surface area contributed by atoms with Gasteiger partial charge in [-0.2, -0.15) is 0 Å². The Labute approximate surface area is 120 Å². The van der Waals surface area contributed by atoms with Crippen LogP contribution in [0.15, 0.2) is 28.7 Å². The van der Waals surface area contributed by atoms with Crippen molar-refractivity contribution >= 4 is 32.4 Å². The molecular formula is C13H16BrN3S. The Morgan fingerprint density at radius 1 is 1.22 bits per heavy atom. The van der Waals surface area contributed by atoms with E-state index in [1.165, 1.54) is 5.56 Å². The van der Waals surface area contributed by atoms with Crippen molar-refractivity contribution in [1.29, 1.82) is 0 Å². The van der Waals surface area contributed by atoms with Gasteiger partial charge in [0.25, 0.3) is 0 Å². The fourth-order valence-corrected chi connectivity index (χ4v) is 2.62. The van der Waals surface area contributed by atoms with Crippen molar-refractivity contribution in [3.05, 3.63) is 39.3 Å². The molecule has 0 amide bonds. The molecule has 0 saturated heterocycles. The maximum absolute atomic E-state index is 4.24. The molecule has 0 aliphatic heterocycles. The van der Waals surface area contributed by atoms with Crippen LogP contribution in [0.1, 0.15) is 30.3 Å². The van der Waals surface area contributed by atoms with Gasteiger partial charge in [-0.25, -0.2) is 0 Å². The second kappa shape index (κ2) is 5.80. The van der Waals surface area contributed by atoms with E-state index in [-0.39, 0.29) is 0 Å². The topological polar surface area (TPSA) is 29.0 Å². The third-order valence-corrected chi connectivity index (χ3v) is 4.45. The molecule has 0 fully saturated rings. The van der Waals surface area contributed by atoms with Gasteiger partial charge in [0.1, 0.15) is 5.01 Å². The number of aromatic nitrogens is 2. The van der Waals surface area contributed by atoms with Gasteiger partial charge in [-0.1, -0.05) is 53.2 Å². The first-order chi connectivity index (χ1) is 8.56. The van der Waals surface area contributed by atoms with Crippen LogP contribution in [-0.2, 0) is 6.54 Å². The summed E-state index contributed by atoms with van der Waals surface area (Å²) in [6, 6.07) is 8.35. The van der Waals surface area contributed by atoms with Gasteiger partial charge in [0, 0.05) is 24.0 Å². The van der Waals surface area contributed by atoms with Crippen LogP contribution in [-0.4, -0.2) is 17.2 Å². The van der Waals surface area contributed by atoms with Gasteiger partial charge in [0.05, 0.1) is 0 Å². The van der Waals surface area contributed by atoms with Crippen LogP contribution in [0.3, 0.4) is 0 Å². The van der Waals surface area contributed by atoms with Crippen molar-refractivity contribution in [2.75, 3.05) is 11.9 Å². The van der Waals surface area contributed by atoms with E-state index in [1.54, 1.807) is 11.3 Å². The predicted molar refractivity (Wildman–Crippen MR) is 80.2 cm³/mol. The summed E-state index contributed by atoms with van der Waals surface area (Å²) < 4.78 is 1.10. The van der Waals surface area contributed by atoms with Crippen molar-refractivity contribution in [1.82, 2.24) is 10.2 Å². The van der Waals surface area contributed by atoms with Crippen LogP contribution in [0.2, 0.25) is 0 Å². The Hall–Kier alpha value is -0.940. The maximum atomic E-state index is 4.24. The lowest BCUT2D eigenvalue weighted by atomic mass is 10.2. The van der Waals surface area contributed by atoms with E-state index >= 15 is 0 Å². The molecule has 1 aromatic carbocycles. The molecule has 2 aromatic rings. The molecule has 0 saturated carbocycles. The zero-order chi connectivity index (χ0) is 13.1. The molecule has 0 bridgehead atoms. The molecule has 3 nitrogen and oxygen atoms in total. The van der Waals surface area contributed by atoms with Crippen LogP contribution >= 0.6 is 27.3 Å². The highest BCUT2D eigenvalue weighted by Crippen LogP contribution is 2.25. The molecule has 0 radical (unpaired) electrons. The van der Waals surface area contributed by atoms with E-state index in [4.69, 9.17) is 0 Å². The number of nitrogens with zero attached hydrogens (tertiary/aromatic N) is 3. The zero-order valence-electron chi connectivity index (χ0n) is 10.7. The van der Waals surface area contributed by atoms with Gasteiger partial charge in [0.2, 0.25) is 5.13 Å². The van der Waals surface area contributed by atoms with Crippen molar-refractivity contribution in [3.63, 3.8) is 0 Å². The lowest BCUT2D eigenvalue weighted by Gasteiger charge is -2.14. The summed E-state index contributed by atoms with van der Waals surface area (Å²) in [6.45, 7) is 5.12. The second-order valence-electron chi connectivity index (χ2n) is 4.56. The molecule has 18 heavy (non-hydrogen) atoms. The van der Waals surface area contributed by atoms with Gasteiger partial charge < -0.3 is 4.90 Å². The molecule has 0 spiro atoms. The fourth-order valence-electron chi connectivity index (χ4n) is 1.55. The Bertz CT molecular complexity index is 507. The largest absolute Gasteiger partial charge is 0.345 e. The van der Waals surface area contributed by atoms with Gasteiger partial charge in [0.15, 0.2) is 0 Å². The van der Waals surface area contributed by atoms with E-state index in [0.29, 0.717) is 5.92 Å². The summed E-state index contributed by atoms with van der Waals surface area (Å²) in [6.07, 6.45) is 0. The van der Waals surface area contributed by atoms with E-state index in [9.17, 15) is 0 Å². The first-order valence-electron chi connectivity index (χ1n) is 5.85. The van der Waals surface area contributed by atoms with E-state index in [0.717, 1.165) is 21.2 Å². The number of benzene rings is 1. The maximum Gasteiger partial charge on any atom is 0.208 e. The number of hydrogen-bond donors (Lipinski definition) is 0. The summed E-state index contributed by atoms with van der Waals surface area (Å²) in [7, 11) is 2.05. The zero-order valence-corrected chi connectivity index (χ0v) is 13.1.